The van der Waals surface area contributed by atoms with Gasteiger partial charge in [-0.2, -0.15) is 18.3 Å². The van der Waals surface area contributed by atoms with Crippen LogP contribution in [-0.2, 0) is 6.18 Å². The van der Waals surface area contributed by atoms with Crippen LogP contribution in [0, 0.1) is 6.92 Å². The zero-order valence-corrected chi connectivity index (χ0v) is 11.9. The molecule has 5 nitrogen and oxygen atoms in total. The van der Waals surface area contributed by atoms with Gasteiger partial charge in [0.1, 0.15) is 0 Å². The summed E-state index contributed by atoms with van der Waals surface area (Å²) in [6.07, 6.45) is -2.90. The summed E-state index contributed by atoms with van der Waals surface area (Å²) < 4.78 is 39.7. The molecule has 0 saturated heterocycles. The molecule has 116 valence electrons. The summed E-state index contributed by atoms with van der Waals surface area (Å²) in [5, 5.41) is 11.4. The summed E-state index contributed by atoms with van der Waals surface area (Å²) >= 11 is 0. The van der Waals surface area contributed by atoms with Gasteiger partial charge in [0, 0.05) is 10.9 Å². The van der Waals surface area contributed by atoms with Crippen LogP contribution >= 0.6 is 0 Å². The molecule has 0 bridgehead atoms. The Labute approximate surface area is 127 Å². The molecule has 0 radical (unpaired) electrons. The maximum Gasteiger partial charge on any atom is 0.453 e. The number of aryl methyl sites for hydroxylation is 1. The van der Waals surface area contributed by atoms with Gasteiger partial charge in [0.15, 0.2) is 5.65 Å². The number of aromatic amines is 1. The third-order valence-corrected chi connectivity index (χ3v) is 3.66. The molecule has 1 N–H and O–H groups in total. The van der Waals surface area contributed by atoms with Crippen LogP contribution in [0.2, 0.25) is 0 Å². The minimum absolute atomic E-state index is 0.153. The summed E-state index contributed by atoms with van der Waals surface area (Å²) in [5.74, 6) is -1.15. The molecule has 0 spiro atoms. The Balaban J connectivity index is 1.98. The summed E-state index contributed by atoms with van der Waals surface area (Å²) in [6, 6.07) is 8.60. The fourth-order valence-electron chi connectivity index (χ4n) is 2.63. The number of nitrogens with zero attached hydrogens (tertiary/aromatic N) is 4. The molecule has 4 aromatic rings. The molecule has 23 heavy (non-hydrogen) atoms. The van der Waals surface area contributed by atoms with Crippen LogP contribution in [0.5, 0.6) is 0 Å². The van der Waals surface area contributed by atoms with Crippen molar-refractivity contribution in [1.82, 2.24) is 24.8 Å². The largest absolute Gasteiger partial charge is 0.453 e. The van der Waals surface area contributed by atoms with Crippen LogP contribution in [0.15, 0.2) is 36.5 Å². The zero-order chi connectivity index (χ0) is 16.2. The van der Waals surface area contributed by atoms with E-state index in [1.165, 1.54) is 10.6 Å². The molecule has 0 saturated carbocycles. The molecule has 0 aliphatic rings. The van der Waals surface area contributed by atoms with Crippen molar-refractivity contribution in [2.75, 3.05) is 0 Å². The Morgan fingerprint density at radius 1 is 1.17 bits per heavy atom. The lowest BCUT2D eigenvalue weighted by Crippen LogP contribution is -2.07. The van der Waals surface area contributed by atoms with Crippen LogP contribution in [0.25, 0.3) is 27.8 Å². The highest BCUT2D eigenvalue weighted by Crippen LogP contribution is 2.30. The van der Waals surface area contributed by atoms with Gasteiger partial charge in [-0.15, -0.1) is 5.10 Å². The standard InChI is InChI=1S/C15H10F3N5/c1-8-5-9(6-10-7-19-21-13(8)10)11-3-2-4-12-20-14(15(16,17)18)22-23(11)12/h2-7H,1H3,(H,19,21). The van der Waals surface area contributed by atoms with Crippen molar-refractivity contribution in [3.05, 3.63) is 47.9 Å². The summed E-state index contributed by atoms with van der Waals surface area (Å²) in [7, 11) is 0. The molecule has 0 unspecified atom stereocenters. The number of H-pyrrole nitrogens is 1. The molecule has 0 atom stereocenters. The van der Waals surface area contributed by atoms with Crippen LogP contribution in [-0.4, -0.2) is 24.8 Å². The minimum Gasteiger partial charge on any atom is -0.278 e. The van der Waals surface area contributed by atoms with Gasteiger partial charge in [-0.05, 0) is 36.8 Å². The third kappa shape index (κ3) is 2.14. The van der Waals surface area contributed by atoms with Crippen LogP contribution < -0.4 is 0 Å². The van der Waals surface area contributed by atoms with Crippen molar-refractivity contribution >= 4 is 16.6 Å². The molecule has 0 fully saturated rings. The first-order chi connectivity index (χ1) is 10.9. The first-order valence-electron chi connectivity index (χ1n) is 6.80. The number of halogens is 3. The third-order valence-electron chi connectivity index (χ3n) is 3.66. The highest BCUT2D eigenvalue weighted by molar-refractivity contribution is 5.86. The number of benzene rings is 1. The smallest absolute Gasteiger partial charge is 0.278 e. The predicted molar refractivity (Wildman–Crippen MR) is 77.8 cm³/mol. The number of nitrogens with one attached hydrogen (secondary N) is 1. The second-order valence-electron chi connectivity index (χ2n) is 5.24. The topological polar surface area (TPSA) is 58.9 Å². The van der Waals surface area contributed by atoms with E-state index in [9.17, 15) is 13.2 Å². The van der Waals surface area contributed by atoms with Crippen molar-refractivity contribution in [3.63, 3.8) is 0 Å². The highest BCUT2D eigenvalue weighted by atomic mass is 19.4. The Bertz CT molecular complexity index is 1030. The van der Waals surface area contributed by atoms with Gasteiger partial charge in [0.2, 0.25) is 0 Å². The van der Waals surface area contributed by atoms with Crippen molar-refractivity contribution in [2.45, 2.75) is 13.1 Å². The van der Waals surface area contributed by atoms with E-state index in [-0.39, 0.29) is 5.65 Å². The second kappa shape index (κ2) is 4.55. The second-order valence-corrected chi connectivity index (χ2v) is 5.24. The Kier molecular flexibility index (Phi) is 2.72. The zero-order valence-electron chi connectivity index (χ0n) is 11.9. The minimum atomic E-state index is -4.58. The number of hydrogen-bond acceptors (Lipinski definition) is 3. The molecule has 0 aliphatic heterocycles. The number of hydrogen-bond donors (Lipinski definition) is 1. The van der Waals surface area contributed by atoms with Crippen LogP contribution in [0.4, 0.5) is 13.2 Å². The van der Waals surface area contributed by atoms with E-state index in [0.29, 0.717) is 5.69 Å². The SMILES string of the molecule is Cc1cc(-c2cccc3nc(C(F)(F)F)nn23)cc2cn[nH]c12. The molecular weight excluding hydrogens is 307 g/mol. The Morgan fingerprint density at radius 2 is 2.00 bits per heavy atom. The maximum atomic E-state index is 12.8. The van der Waals surface area contributed by atoms with Gasteiger partial charge in [-0.3, -0.25) is 5.10 Å². The fourth-order valence-corrected chi connectivity index (χ4v) is 2.63. The summed E-state index contributed by atoms with van der Waals surface area (Å²) in [5.41, 5.74) is 3.29. The van der Waals surface area contributed by atoms with Gasteiger partial charge in [-0.1, -0.05) is 6.07 Å². The number of pyridine rings is 1. The van der Waals surface area contributed by atoms with Gasteiger partial charge in [-0.25, -0.2) is 9.50 Å². The van der Waals surface area contributed by atoms with Crippen molar-refractivity contribution in [2.24, 2.45) is 0 Å². The lowest BCUT2D eigenvalue weighted by atomic mass is 10.0. The molecule has 0 amide bonds. The number of fused-ring (bicyclic) bond motifs is 2. The number of alkyl halides is 3. The molecule has 3 aromatic heterocycles. The molecule has 3 heterocycles. The summed E-state index contributed by atoms with van der Waals surface area (Å²) in [4.78, 5) is 3.55. The van der Waals surface area contributed by atoms with E-state index in [1.54, 1.807) is 18.3 Å². The van der Waals surface area contributed by atoms with Gasteiger partial charge in [0.05, 0.1) is 17.4 Å². The van der Waals surface area contributed by atoms with Gasteiger partial charge >= 0.3 is 6.18 Å². The monoisotopic (exact) mass is 317 g/mol. The molecule has 8 heteroatoms. The van der Waals surface area contributed by atoms with E-state index in [0.717, 1.165) is 22.0 Å². The van der Waals surface area contributed by atoms with E-state index in [1.807, 2.05) is 19.1 Å². The molecule has 1 aromatic carbocycles. The lowest BCUT2D eigenvalue weighted by molar-refractivity contribution is -0.144. The van der Waals surface area contributed by atoms with Crippen molar-refractivity contribution in [1.29, 1.82) is 0 Å². The van der Waals surface area contributed by atoms with Crippen molar-refractivity contribution in [3.8, 4) is 11.3 Å². The van der Waals surface area contributed by atoms with Gasteiger partial charge in [0.25, 0.3) is 5.82 Å². The average Bonchev–Trinajstić information content (AvgIpc) is 3.12. The Hall–Kier alpha value is -2.90. The molecule has 4 rings (SSSR count). The Morgan fingerprint density at radius 3 is 2.78 bits per heavy atom. The number of rotatable bonds is 1. The average molecular weight is 317 g/mol. The number of aromatic nitrogens is 5. The van der Waals surface area contributed by atoms with Gasteiger partial charge < -0.3 is 0 Å². The summed E-state index contributed by atoms with van der Waals surface area (Å²) in [6.45, 7) is 1.91. The first-order valence-corrected chi connectivity index (χ1v) is 6.80. The molecule has 0 aliphatic carbocycles. The first kappa shape index (κ1) is 13.7. The van der Waals surface area contributed by atoms with Crippen molar-refractivity contribution < 1.29 is 13.2 Å². The predicted octanol–water partition coefficient (Wildman–Crippen LogP) is 3.60. The maximum absolute atomic E-state index is 12.8. The normalized spacial score (nSPS) is 12.3. The van der Waals surface area contributed by atoms with E-state index in [2.05, 4.69) is 20.3 Å². The molecular formula is C15H10F3N5. The van der Waals surface area contributed by atoms with E-state index >= 15 is 0 Å². The van der Waals surface area contributed by atoms with Crippen LogP contribution in [0.1, 0.15) is 11.4 Å². The van der Waals surface area contributed by atoms with E-state index in [4.69, 9.17) is 0 Å². The lowest BCUT2D eigenvalue weighted by Gasteiger charge is -2.06. The fraction of sp³-hybridized carbons (Fsp3) is 0.133. The highest BCUT2D eigenvalue weighted by Gasteiger charge is 2.36. The quantitative estimate of drug-likeness (QED) is 0.583. The van der Waals surface area contributed by atoms with E-state index < -0.39 is 12.0 Å². The van der Waals surface area contributed by atoms with Crippen LogP contribution in [0.3, 0.4) is 0 Å².